The summed E-state index contributed by atoms with van der Waals surface area (Å²) in [5, 5.41) is 24.8. The molecule has 2 heterocycles. The number of para-hydroxylation sites is 1. The molecule has 8 heteroatoms. The molecular formula is C24H23ClN2O4S. The number of hydrogen-bond donors (Lipinski definition) is 3. The van der Waals surface area contributed by atoms with Crippen molar-refractivity contribution >= 4 is 46.2 Å². The number of pyridine rings is 1. The molecule has 3 aromatic rings. The number of aromatic nitrogens is 1. The minimum atomic E-state index is -1.12. The van der Waals surface area contributed by atoms with Gasteiger partial charge in [0.05, 0.1) is 22.9 Å². The Bertz CT molecular complexity index is 1170. The average molecular weight is 471 g/mol. The number of benzene rings is 2. The minimum absolute atomic E-state index is 0.414. The van der Waals surface area contributed by atoms with E-state index in [2.05, 4.69) is 5.32 Å². The Morgan fingerprint density at radius 2 is 1.97 bits per heavy atom. The molecule has 0 aliphatic carbocycles. The van der Waals surface area contributed by atoms with Gasteiger partial charge in [0, 0.05) is 28.6 Å². The number of carboxylic acid groups (broad SMARTS) is 2. The lowest BCUT2D eigenvalue weighted by Crippen LogP contribution is -2.31. The predicted molar refractivity (Wildman–Crippen MR) is 125 cm³/mol. The van der Waals surface area contributed by atoms with Gasteiger partial charge in [-0.2, -0.15) is 0 Å². The summed E-state index contributed by atoms with van der Waals surface area (Å²) in [5.41, 5.74) is 3.77. The first kappa shape index (κ1) is 22.6. The second-order valence-corrected chi connectivity index (χ2v) is 9.23. The van der Waals surface area contributed by atoms with E-state index in [1.54, 1.807) is 17.8 Å². The van der Waals surface area contributed by atoms with Crippen molar-refractivity contribution in [3.8, 4) is 0 Å². The summed E-state index contributed by atoms with van der Waals surface area (Å²) in [6, 6.07) is 15.6. The molecule has 166 valence electrons. The number of nitrogens with one attached hydrogen (secondary N) is 1. The highest BCUT2D eigenvalue weighted by Gasteiger charge is 2.34. The van der Waals surface area contributed by atoms with Crippen molar-refractivity contribution in [2.24, 2.45) is 5.92 Å². The molecular weight excluding hydrogens is 448 g/mol. The van der Waals surface area contributed by atoms with Crippen LogP contribution < -0.4 is 5.32 Å². The molecule has 32 heavy (non-hydrogen) atoms. The van der Waals surface area contributed by atoms with Crippen LogP contribution >= 0.6 is 23.4 Å². The van der Waals surface area contributed by atoms with E-state index in [1.165, 1.54) is 0 Å². The van der Waals surface area contributed by atoms with Crippen LogP contribution in [-0.2, 0) is 21.8 Å². The first-order chi connectivity index (χ1) is 15.4. The highest BCUT2D eigenvalue weighted by Crippen LogP contribution is 2.38. The third kappa shape index (κ3) is 4.90. The van der Waals surface area contributed by atoms with E-state index >= 15 is 0 Å². The lowest BCUT2D eigenvalue weighted by molar-refractivity contribution is -0.149. The molecule has 3 N–H and O–H groups in total. The zero-order chi connectivity index (χ0) is 22.7. The molecule has 0 spiro atoms. The molecule has 1 aromatic heterocycles. The zero-order valence-corrected chi connectivity index (χ0v) is 18.8. The van der Waals surface area contributed by atoms with Crippen molar-refractivity contribution in [1.29, 1.82) is 0 Å². The number of carbonyl (C=O) groups is 2. The van der Waals surface area contributed by atoms with Gasteiger partial charge in [0.1, 0.15) is 0 Å². The lowest BCUT2D eigenvalue weighted by atomic mass is 9.81. The highest BCUT2D eigenvalue weighted by molar-refractivity contribution is 7.98. The number of thioether (sulfide) groups is 1. The fraction of sp³-hybridized carbons (Fsp3) is 0.292. The third-order valence-corrected chi connectivity index (χ3v) is 7.17. The number of fused-ring (bicyclic) bond motifs is 2. The van der Waals surface area contributed by atoms with Crippen LogP contribution in [0.25, 0.3) is 10.9 Å². The van der Waals surface area contributed by atoms with Crippen molar-refractivity contribution < 1.29 is 19.8 Å². The maximum absolute atomic E-state index is 11.9. The van der Waals surface area contributed by atoms with E-state index in [0.717, 1.165) is 32.6 Å². The summed E-state index contributed by atoms with van der Waals surface area (Å²) in [5.74, 6) is -3.08. The predicted octanol–water partition coefficient (Wildman–Crippen LogP) is 4.59. The van der Waals surface area contributed by atoms with Crippen LogP contribution in [0, 0.1) is 5.92 Å². The summed E-state index contributed by atoms with van der Waals surface area (Å²) in [7, 11) is 0. The van der Waals surface area contributed by atoms with Crippen molar-refractivity contribution in [3.63, 3.8) is 0 Å². The fourth-order valence-electron chi connectivity index (χ4n) is 4.28. The Morgan fingerprint density at radius 1 is 1.16 bits per heavy atom. The van der Waals surface area contributed by atoms with Crippen molar-refractivity contribution in [2.45, 2.75) is 29.5 Å². The quantitative estimate of drug-likeness (QED) is 0.434. The molecule has 2 aromatic carbocycles. The molecule has 0 amide bonds. The van der Waals surface area contributed by atoms with Gasteiger partial charge < -0.3 is 15.5 Å². The van der Waals surface area contributed by atoms with Crippen molar-refractivity contribution in [3.05, 3.63) is 70.2 Å². The van der Waals surface area contributed by atoms with Gasteiger partial charge in [-0.1, -0.05) is 41.9 Å². The summed E-state index contributed by atoms with van der Waals surface area (Å²) in [6.07, 6.45) is 0.279. The van der Waals surface area contributed by atoms with E-state index < -0.39 is 30.2 Å². The Hall–Kier alpha value is -2.61. The van der Waals surface area contributed by atoms with Crippen LogP contribution in [0.15, 0.2) is 53.6 Å². The summed E-state index contributed by atoms with van der Waals surface area (Å²) in [4.78, 5) is 27.9. The van der Waals surface area contributed by atoms with Gasteiger partial charge in [0.25, 0.3) is 0 Å². The molecule has 2 unspecified atom stereocenters. The van der Waals surface area contributed by atoms with Crippen LogP contribution in [0.5, 0.6) is 0 Å². The monoisotopic (exact) mass is 470 g/mol. The number of carboxylic acids is 2. The summed E-state index contributed by atoms with van der Waals surface area (Å²) in [6.45, 7) is 1.09. The van der Waals surface area contributed by atoms with Gasteiger partial charge in [0.15, 0.2) is 0 Å². The molecule has 0 bridgehead atoms. The van der Waals surface area contributed by atoms with Gasteiger partial charge in [-0.15, -0.1) is 11.8 Å². The van der Waals surface area contributed by atoms with E-state index in [4.69, 9.17) is 16.6 Å². The molecule has 0 radical (unpaired) electrons. The summed E-state index contributed by atoms with van der Waals surface area (Å²) >= 11 is 8.17. The van der Waals surface area contributed by atoms with E-state index in [1.807, 2.05) is 42.5 Å². The Morgan fingerprint density at radius 3 is 2.75 bits per heavy atom. The first-order valence-corrected chi connectivity index (χ1v) is 11.7. The maximum atomic E-state index is 11.9. The molecule has 0 saturated heterocycles. The minimum Gasteiger partial charge on any atom is -0.481 e. The number of nitrogens with zero attached hydrogens (tertiary/aromatic N) is 1. The number of aliphatic carboxylic acids is 2. The third-order valence-electron chi connectivity index (χ3n) is 5.86. The molecule has 4 rings (SSSR count). The first-order valence-electron chi connectivity index (χ1n) is 10.4. The highest BCUT2D eigenvalue weighted by atomic mass is 35.5. The van der Waals surface area contributed by atoms with Crippen molar-refractivity contribution in [2.75, 3.05) is 13.1 Å². The Labute approximate surface area is 195 Å². The number of hydrogen-bond acceptors (Lipinski definition) is 5. The van der Waals surface area contributed by atoms with Crippen molar-refractivity contribution in [1.82, 2.24) is 10.3 Å². The van der Waals surface area contributed by atoms with Gasteiger partial charge in [-0.25, -0.2) is 4.98 Å². The van der Waals surface area contributed by atoms with Crippen LogP contribution in [-0.4, -0.2) is 40.2 Å². The van der Waals surface area contributed by atoms with Crippen LogP contribution in [0.2, 0.25) is 5.02 Å². The van der Waals surface area contributed by atoms with E-state index in [-0.39, 0.29) is 0 Å². The Kier molecular flexibility index (Phi) is 6.98. The number of halogens is 1. The Balaban J connectivity index is 1.66. The SMILES string of the molecule is O=C(O)CC(C(=O)O)C1CNCCc2c1ccc(Cl)c2CSc1ccc2ccccc2n1. The van der Waals surface area contributed by atoms with E-state index in [0.29, 0.717) is 30.3 Å². The second kappa shape index (κ2) is 9.90. The molecule has 0 fully saturated rings. The zero-order valence-electron chi connectivity index (χ0n) is 17.3. The van der Waals surface area contributed by atoms with Gasteiger partial charge >= 0.3 is 11.9 Å². The number of rotatable bonds is 7. The normalized spacial score (nSPS) is 16.8. The molecule has 1 aliphatic rings. The second-order valence-electron chi connectivity index (χ2n) is 7.83. The lowest BCUT2D eigenvalue weighted by Gasteiger charge is -2.25. The van der Waals surface area contributed by atoms with Crippen LogP contribution in [0.1, 0.15) is 29.0 Å². The molecule has 0 saturated carbocycles. The van der Waals surface area contributed by atoms with E-state index in [9.17, 15) is 19.8 Å². The molecule has 6 nitrogen and oxygen atoms in total. The van der Waals surface area contributed by atoms with Crippen LogP contribution in [0.4, 0.5) is 0 Å². The van der Waals surface area contributed by atoms with Gasteiger partial charge in [-0.3, -0.25) is 9.59 Å². The topological polar surface area (TPSA) is 99.5 Å². The van der Waals surface area contributed by atoms with Gasteiger partial charge in [0.2, 0.25) is 0 Å². The largest absolute Gasteiger partial charge is 0.481 e. The van der Waals surface area contributed by atoms with Crippen LogP contribution in [0.3, 0.4) is 0 Å². The molecule has 1 aliphatic heterocycles. The standard InChI is InChI=1S/C24H23ClN2O4S/c25-20-7-6-15-16(9-10-26-12-18(15)17(24(30)31)11-23(28)29)19(20)13-32-22-8-5-14-3-1-2-4-21(14)27-22/h1-8,17-18,26H,9-13H2,(H,28,29)(H,30,31). The molecule has 2 atom stereocenters. The smallest absolute Gasteiger partial charge is 0.307 e. The fourth-order valence-corrected chi connectivity index (χ4v) is 5.56. The summed E-state index contributed by atoms with van der Waals surface area (Å²) < 4.78 is 0. The average Bonchev–Trinajstić information content (AvgIpc) is 2.99. The maximum Gasteiger partial charge on any atom is 0.307 e. The van der Waals surface area contributed by atoms with Gasteiger partial charge in [-0.05, 0) is 47.9 Å².